The molecule has 4 nitrogen and oxygen atoms in total. The molecular formula is C12H10ClF4N3O. The van der Waals surface area contributed by atoms with Crippen LogP contribution >= 0.6 is 11.6 Å². The van der Waals surface area contributed by atoms with Gasteiger partial charge < -0.3 is 0 Å². The Morgan fingerprint density at radius 2 is 2.05 bits per heavy atom. The van der Waals surface area contributed by atoms with Crippen molar-refractivity contribution in [3.63, 3.8) is 0 Å². The minimum atomic E-state index is -3.04. The summed E-state index contributed by atoms with van der Waals surface area (Å²) in [6.07, 6.45) is -4.43. The highest BCUT2D eigenvalue weighted by Crippen LogP contribution is 2.28. The molecule has 0 saturated carbocycles. The van der Waals surface area contributed by atoms with Crippen molar-refractivity contribution < 1.29 is 22.4 Å². The summed E-state index contributed by atoms with van der Waals surface area (Å²) >= 11 is 5.72. The molecule has 1 aliphatic rings. The zero-order valence-corrected chi connectivity index (χ0v) is 11.5. The standard InChI is InChI=1S/C12H10ClF4N3O/c1-5(21)6-2-3-9(13)18-12(6)20-8(11(16)17)4-7(19-20)10(14)15/h3-4,6,10-11H,2H2,1H3. The summed E-state index contributed by atoms with van der Waals surface area (Å²) < 4.78 is 51.9. The SMILES string of the molecule is CC(=O)C1CC=C(Cl)N=C1n1nc(C(F)F)cc1C(F)F. The van der Waals surface area contributed by atoms with Crippen molar-refractivity contribution in [3.05, 3.63) is 28.7 Å². The largest absolute Gasteiger partial charge is 0.299 e. The smallest absolute Gasteiger partial charge is 0.282 e. The Hall–Kier alpha value is -1.70. The molecule has 0 N–H and O–H groups in total. The van der Waals surface area contributed by atoms with E-state index in [9.17, 15) is 22.4 Å². The highest BCUT2D eigenvalue weighted by atomic mass is 35.5. The predicted molar refractivity (Wildman–Crippen MR) is 67.7 cm³/mol. The van der Waals surface area contributed by atoms with Crippen molar-refractivity contribution in [3.8, 4) is 0 Å². The summed E-state index contributed by atoms with van der Waals surface area (Å²) in [6.45, 7) is 1.26. The van der Waals surface area contributed by atoms with E-state index >= 15 is 0 Å². The van der Waals surface area contributed by atoms with Crippen molar-refractivity contribution in [2.24, 2.45) is 10.9 Å². The molecule has 1 aromatic rings. The third kappa shape index (κ3) is 3.15. The molecule has 2 rings (SSSR count). The van der Waals surface area contributed by atoms with E-state index in [2.05, 4.69) is 10.1 Å². The highest BCUT2D eigenvalue weighted by Gasteiger charge is 2.31. The normalized spacial score (nSPS) is 19.0. The van der Waals surface area contributed by atoms with Gasteiger partial charge in [0.05, 0.1) is 5.92 Å². The number of hydrogen-bond donors (Lipinski definition) is 0. The lowest BCUT2D eigenvalue weighted by Crippen LogP contribution is -2.31. The lowest BCUT2D eigenvalue weighted by molar-refractivity contribution is -0.118. The number of hydrogen-bond acceptors (Lipinski definition) is 3. The lowest BCUT2D eigenvalue weighted by atomic mass is 9.98. The number of nitrogens with zero attached hydrogens (tertiary/aromatic N) is 3. The molecule has 114 valence electrons. The molecular weight excluding hydrogens is 314 g/mol. The maximum absolute atomic E-state index is 13.0. The Balaban J connectivity index is 2.57. The molecule has 9 heteroatoms. The van der Waals surface area contributed by atoms with Gasteiger partial charge in [-0.25, -0.2) is 27.2 Å². The van der Waals surface area contributed by atoms with Crippen LogP contribution in [0.15, 0.2) is 22.3 Å². The molecule has 2 heterocycles. The van der Waals surface area contributed by atoms with Gasteiger partial charge in [0.15, 0.2) is 0 Å². The summed E-state index contributed by atoms with van der Waals surface area (Å²) in [5.41, 5.74) is -1.55. The van der Waals surface area contributed by atoms with Crippen molar-refractivity contribution in [1.82, 2.24) is 9.78 Å². The molecule has 0 spiro atoms. The fourth-order valence-corrected chi connectivity index (χ4v) is 2.13. The number of ketones is 1. The molecule has 0 amide bonds. The zero-order chi connectivity index (χ0) is 15.7. The van der Waals surface area contributed by atoms with Crippen molar-refractivity contribution in [2.75, 3.05) is 0 Å². The van der Waals surface area contributed by atoms with Crippen LogP contribution in [0.1, 0.15) is 37.6 Å². The summed E-state index contributed by atoms with van der Waals surface area (Å²) in [5.74, 6) is -1.36. The van der Waals surface area contributed by atoms with E-state index in [4.69, 9.17) is 11.6 Å². The van der Waals surface area contributed by atoms with Gasteiger partial charge in [-0.1, -0.05) is 11.6 Å². The molecule has 1 atom stereocenters. The summed E-state index contributed by atoms with van der Waals surface area (Å²) in [4.78, 5) is 15.4. The number of aromatic nitrogens is 2. The number of allylic oxidation sites excluding steroid dienone is 1. The molecule has 0 fully saturated rings. The lowest BCUT2D eigenvalue weighted by Gasteiger charge is -2.20. The third-order valence-corrected chi connectivity index (χ3v) is 3.20. The van der Waals surface area contributed by atoms with Crippen molar-refractivity contribution in [2.45, 2.75) is 26.2 Å². The van der Waals surface area contributed by atoms with E-state index in [1.165, 1.54) is 13.0 Å². The van der Waals surface area contributed by atoms with E-state index in [1.54, 1.807) is 0 Å². The van der Waals surface area contributed by atoms with Gasteiger partial charge >= 0.3 is 0 Å². The zero-order valence-electron chi connectivity index (χ0n) is 10.7. The Bertz CT molecular complexity index is 624. The number of Topliss-reactive ketones (excluding diaryl/α,β-unsaturated/α-hetero) is 1. The average Bonchev–Trinajstić information content (AvgIpc) is 2.83. The van der Waals surface area contributed by atoms with E-state index in [0.29, 0.717) is 10.7 Å². The second kappa shape index (κ2) is 5.97. The van der Waals surface area contributed by atoms with Crippen LogP contribution in [0.25, 0.3) is 0 Å². The molecule has 1 aromatic heterocycles. The Morgan fingerprint density at radius 1 is 1.38 bits per heavy atom. The third-order valence-electron chi connectivity index (χ3n) is 2.97. The molecule has 0 aromatic carbocycles. The van der Waals surface area contributed by atoms with Gasteiger partial charge in [-0.2, -0.15) is 5.10 Å². The van der Waals surface area contributed by atoms with Crippen LogP contribution in [0, 0.1) is 5.92 Å². The average molecular weight is 324 g/mol. The molecule has 0 saturated heterocycles. The highest BCUT2D eigenvalue weighted by molar-refractivity contribution is 6.30. The Labute approximate surface area is 122 Å². The molecule has 1 unspecified atom stereocenters. The van der Waals surface area contributed by atoms with Gasteiger partial charge in [0.25, 0.3) is 12.9 Å². The first kappa shape index (κ1) is 15.7. The van der Waals surface area contributed by atoms with Crippen molar-refractivity contribution in [1.29, 1.82) is 0 Å². The van der Waals surface area contributed by atoms with E-state index in [1.807, 2.05) is 0 Å². The van der Waals surface area contributed by atoms with Crippen LogP contribution in [0.2, 0.25) is 0 Å². The monoisotopic (exact) mass is 323 g/mol. The first-order valence-corrected chi connectivity index (χ1v) is 6.30. The van der Waals surface area contributed by atoms with Gasteiger partial charge in [0, 0.05) is 0 Å². The predicted octanol–water partition coefficient (Wildman–Crippen LogP) is 3.69. The fraction of sp³-hybridized carbons (Fsp3) is 0.417. The quantitative estimate of drug-likeness (QED) is 0.629. The summed E-state index contributed by atoms with van der Waals surface area (Å²) in [7, 11) is 0. The molecule has 0 radical (unpaired) electrons. The topological polar surface area (TPSA) is 47.2 Å². The number of alkyl halides is 4. The number of carbonyl (C=O) groups excluding carboxylic acids is 1. The fourth-order valence-electron chi connectivity index (χ4n) is 1.96. The number of carbonyl (C=O) groups is 1. The number of rotatable bonds is 3. The second-order valence-electron chi connectivity index (χ2n) is 4.40. The maximum Gasteiger partial charge on any atom is 0.282 e. The minimum Gasteiger partial charge on any atom is -0.299 e. The first-order chi connectivity index (χ1) is 9.81. The Kier molecular flexibility index (Phi) is 4.46. The van der Waals surface area contributed by atoms with Gasteiger partial charge in [-0.3, -0.25) is 4.79 Å². The minimum absolute atomic E-state index is 0.00295. The van der Waals surface area contributed by atoms with E-state index < -0.39 is 30.2 Å². The summed E-state index contributed by atoms with van der Waals surface area (Å²) in [5, 5.41) is 3.44. The van der Waals surface area contributed by atoms with Crippen LogP contribution < -0.4 is 0 Å². The van der Waals surface area contributed by atoms with E-state index in [0.717, 1.165) is 0 Å². The van der Waals surface area contributed by atoms with Crippen molar-refractivity contribution >= 4 is 23.2 Å². The van der Waals surface area contributed by atoms with Crippen LogP contribution in [0.3, 0.4) is 0 Å². The molecule has 21 heavy (non-hydrogen) atoms. The Morgan fingerprint density at radius 3 is 2.57 bits per heavy atom. The van der Waals surface area contributed by atoms with Crippen LogP contribution in [-0.4, -0.2) is 21.4 Å². The van der Waals surface area contributed by atoms with Crippen LogP contribution in [-0.2, 0) is 4.79 Å². The second-order valence-corrected chi connectivity index (χ2v) is 4.79. The molecule has 0 aliphatic carbocycles. The number of aliphatic imine (C=N–C) groups is 1. The van der Waals surface area contributed by atoms with Gasteiger partial charge in [-0.05, 0) is 25.5 Å². The van der Waals surface area contributed by atoms with Gasteiger partial charge in [0.1, 0.15) is 28.2 Å². The van der Waals surface area contributed by atoms with Gasteiger partial charge in [0.2, 0.25) is 0 Å². The first-order valence-electron chi connectivity index (χ1n) is 5.92. The van der Waals surface area contributed by atoms with Crippen LogP contribution in [0.4, 0.5) is 17.6 Å². The number of halogens is 5. The van der Waals surface area contributed by atoms with E-state index in [-0.39, 0.29) is 23.2 Å². The van der Waals surface area contributed by atoms with Gasteiger partial charge in [-0.15, -0.1) is 0 Å². The van der Waals surface area contributed by atoms with Crippen LogP contribution in [0.5, 0.6) is 0 Å². The summed E-state index contributed by atoms with van der Waals surface area (Å²) in [6, 6.07) is 0.598. The maximum atomic E-state index is 13.0. The molecule has 0 bridgehead atoms. The molecule has 1 aliphatic heterocycles.